The van der Waals surface area contributed by atoms with E-state index in [4.69, 9.17) is 24.3 Å². The minimum Gasteiger partial charge on any atom is -1.00 e. The molecular formula is C18H54Mg4O11Si. The number of carboxylic acids is 1. The first-order chi connectivity index (χ1) is 12.2. The Morgan fingerprint density at radius 3 is 1.62 bits per heavy atom. The van der Waals surface area contributed by atoms with Gasteiger partial charge in [0.15, 0.2) is 0 Å². The van der Waals surface area contributed by atoms with E-state index in [1.54, 1.807) is 0 Å². The molecule has 0 saturated carbocycles. The van der Waals surface area contributed by atoms with Crippen molar-refractivity contribution in [2.24, 2.45) is 0 Å². The molecule has 0 rings (SSSR count). The number of allylic oxidation sites excluding steroid dienone is 1. The van der Waals surface area contributed by atoms with Crippen LogP contribution in [0.3, 0.4) is 0 Å². The van der Waals surface area contributed by atoms with Crippen LogP contribution in [-0.4, -0.2) is 165 Å². The third kappa shape index (κ3) is 83.9. The summed E-state index contributed by atoms with van der Waals surface area (Å²) in [5.74, 6) is -0.689. The summed E-state index contributed by atoms with van der Waals surface area (Å²) in [5.41, 5.74) is 0. The SMILES string of the molecule is CCCCCCC(O)C/C=C\CCCCCCCC(=O)O.O.O.O.O.O[Si](O)(O)O.[H-].[H-].[H-].[H-].[H-].[H-].[H-].[H-].[Mg+2].[Mg+2].[Mg+2].[Mg+2]. The van der Waals surface area contributed by atoms with Crippen molar-refractivity contribution in [1.29, 1.82) is 0 Å². The first-order valence-corrected chi connectivity index (χ1v) is 11.4. The second kappa shape index (κ2) is 48.2. The van der Waals surface area contributed by atoms with Crippen molar-refractivity contribution < 1.29 is 67.5 Å². The number of hydrogen-bond acceptors (Lipinski definition) is 6. The molecule has 0 aromatic heterocycles. The van der Waals surface area contributed by atoms with Gasteiger partial charge in [-0.2, -0.15) is 0 Å². The van der Waals surface area contributed by atoms with Gasteiger partial charge in [0.05, 0.1) is 6.10 Å². The number of hydrogen-bond donors (Lipinski definition) is 6. The van der Waals surface area contributed by atoms with Gasteiger partial charge in [0.2, 0.25) is 0 Å². The zero-order valence-electron chi connectivity index (χ0n) is 28.8. The Morgan fingerprint density at radius 2 is 1.18 bits per heavy atom. The Kier molecular flexibility index (Phi) is 92.6. The summed E-state index contributed by atoms with van der Waals surface area (Å²) >= 11 is 0. The average molecular weight is 572 g/mol. The van der Waals surface area contributed by atoms with Gasteiger partial charge in [0.25, 0.3) is 0 Å². The number of rotatable bonds is 15. The van der Waals surface area contributed by atoms with Gasteiger partial charge in [0.1, 0.15) is 0 Å². The summed E-state index contributed by atoms with van der Waals surface area (Å²) < 4.78 is 0. The number of carbonyl (C=O) groups is 1. The molecule has 0 saturated heterocycles. The van der Waals surface area contributed by atoms with E-state index in [1.807, 2.05) is 0 Å². The fourth-order valence-corrected chi connectivity index (χ4v) is 2.36. The van der Waals surface area contributed by atoms with Crippen molar-refractivity contribution in [2.75, 3.05) is 0 Å². The van der Waals surface area contributed by atoms with E-state index in [9.17, 15) is 9.90 Å². The maximum atomic E-state index is 10.3. The normalized spacial score (nSPS) is 9.71. The van der Waals surface area contributed by atoms with Gasteiger partial charge in [-0.15, -0.1) is 0 Å². The van der Waals surface area contributed by atoms with Gasteiger partial charge in [-0.05, 0) is 32.1 Å². The summed E-state index contributed by atoms with van der Waals surface area (Å²) in [6, 6.07) is 0. The van der Waals surface area contributed by atoms with Crippen molar-refractivity contribution in [1.82, 2.24) is 0 Å². The van der Waals surface area contributed by atoms with E-state index in [2.05, 4.69) is 19.1 Å². The summed E-state index contributed by atoms with van der Waals surface area (Å²) in [6.07, 6.45) is 17.4. The van der Waals surface area contributed by atoms with Crippen LogP contribution >= 0.6 is 0 Å². The number of aliphatic hydroxyl groups is 1. The molecular weight excluding hydrogens is 517 g/mol. The molecule has 0 spiro atoms. The Labute approximate surface area is 281 Å². The molecule has 14 N–H and O–H groups in total. The average Bonchev–Trinajstić information content (AvgIpc) is 2.51. The van der Waals surface area contributed by atoms with Gasteiger partial charge in [-0.25, -0.2) is 0 Å². The third-order valence-corrected chi connectivity index (χ3v) is 3.73. The molecule has 0 aliphatic rings. The molecule has 0 heterocycles. The molecule has 11 nitrogen and oxygen atoms in total. The third-order valence-electron chi connectivity index (χ3n) is 3.73. The van der Waals surface area contributed by atoms with E-state index in [1.165, 1.54) is 25.7 Å². The van der Waals surface area contributed by atoms with E-state index in [0.29, 0.717) is 6.42 Å². The Bertz CT molecular complexity index is 391. The Morgan fingerprint density at radius 1 is 0.765 bits per heavy atom. The number of carboxylic acid groups (broad SMARTS) is 1. The zero-order valence-corrected chi connectivity index (χ0v) is 27.5. The minimum atomic E-state index is -4.61. The predicted octanol–water partition coefficient (Wildman–Crippen LogP) is -1.45. The molecule has 0 aromatic carbocycles. The molecule has 204 valence electrons. The maximum absolute atomic E-state index is 10.3. The fourth-order valence-electron chi connectivity index (χ4n) is 2.36. The quantitative estimate of drug-likeness (QED) is 0.0772. The molecule has 34 heavy (non-hydrogen) atoms. The topological polar surface area (TPSA) is 264 Å². The van der Waals surface area contributed by atoms with Crippen LogP contribution in [0.25, 0.3) is 0 Å². The van der Waals surface area contributed by atoms with Crippen LogP contribution in [-0.2, 0) is 4.79 Å². The van der Waals surface area contributed by atoms with Gasteiger partial charge in [-0.1, -0.05) is 64.0 Å². The number of aliphatic carboxylic acids is 1. The molecule has 0 aliphatic heterocycles. The van der Waals surface area contributed by atoms with Crippen molar-refractivity contribution in [3.8, 4) is 0 Å². The monoisotopic (exact) mass is 570 g/mol. The molecule has 1 atom stereocenters. The first kappa shape index (κ1) is 65.3. The van der Waals surface area contributed by atoms with E-state index in [-0.39, 0.29) is 132 Å². The van der Waals surface area contributed by atoms with Gasteiger partial charge in [-0.3, -0.25) is 4.79 Å². The van der Waals surface area contributed by atoms with Crippen LogP contribution in [0.4, 0.5) is 0 Å². The number of aliphatic hydroxyl groups excluding tert-OH is 1. The van der Waals surface area contributed by atoms with E-state index >= 15 is 0 Å². The van der Waals surface area contributed by atoms with Crippen LogP contribution in [0.2, 0.25) is 0 Å². The zero-order chi connectivity index (χ0) is 20.3. The van der Waals surface area contributed by atoms with Gasteiger partial charge in [0, 0.05) is 6.42 Å². The van der Waals surface area contributed by atoms with Crippen LogP contribution in [0.5, 0.6) is 0 Å². The van der Waals surface area contributed by atoms with Crippen LogP contribution in [0.1, 0.15) is 102 Å². The molecule has 16 heteroatoms. The fraction of sp³-hybridized carbons (Fsp3) is 0.833. The molecule has 0 fully saturated rings. The summed E-state index contributed by atoms with van der Waals surface area (Å²) in [7, 11) is -4.61. The summed E-state index contributed by atoms with van der Waals surface area (Å²) in [6.45, 7) is 2.20. The molecule has 0 aliphatic carbocycles. The van der Waals surface area contributed by atoms with E-state index < -0.39 is 15.0 Å². The largest absolute Gasteiger partial charge is 2.00 e. The van der Waals surface area contributed by atoms with Crippen LogP contribution in [0.15, 0.2) is 12.2 Å². The summed E-state index contributed by atoms with van der Waals surface area (Å²) in [4.78, 5) is 39.6. The Hall–Kier alpha value is 2.13. The van der Waals surface area contributed by atoms with Crippen LogP contribution < -0.4 is 0 Å². The van der Waals surface area contributed by atoms with Gasteiger partial charge < -0.3 is 62.7 Å². The molecule has 0 bridgehead atoms. The Balaban J connectivity index is -0.0000000159. The van der Waals surface area contributed by atoms with Crippen molar-refractivity contribution in [2.45, 2.75) is 96.5 Å². The summed E-state index contributed by atoms with van der Waals surface area (Å²) in [5, 5.41) is 18.3. The predicted molar refractivity (Wildman–Crippen MR) is 149 cm³/mol. The van der Waals surface area contributed by atoms with Crippen molar-refractivity contribution in [3.05, 3.63) is 12.2 Å². The molecule has 0 radical (unpaired) electrons. The maximum Gasteiger partial charge on any atom is 2.00 e. The van der Waals surface area contributed by atoms with E-state index in [0.717, 1.165) is 51.4 Å². The molecule has 1 unspecified atom stereocenters. The second-order valence-corrected chi connectivity index (χ2v) is 7.71. The first-order valence-electron chi connectivity index (χ1n) is 9.61. The van der Waals surface area contributed by atoms with Gasteiger partial charge >= 0.3 is 107 Å². The minimum absolute atomic E-state index is 0. The number of unbranched alkanes of at least 4 members (excludes halogenated alkanes) is 8. The van der Waals surface area contributed by atoms with Crippen LogP contribution in [0, 0.1) is 0 Å². The van der Waals surface area contributed by atoms with Crippen molar-refractivity contribution >= 4 is 107 Å². The standard InChI is InChI=1S/C18H34O3.4Mg.H4O4Si.4H2O.8H/c1-2-3-4-11-14-17(19)15-12-9-7-5-6-8-10-13-16-18(20)21;;;;;1-5(2,3)4;;;;;;;;;;;;/h9,12,17,19H,2-8,10-11,13-16H2,1H3,(H,20,21);;;;;1-4H;4*1H2;;;;;;;;/q;4*+2;;;;;;8*-1/b12-9-;;;;;;;;;;;;;;;;;. The molecule has 0 amide bonds. The second-order valence-electron chi connectivity index (χ2n) is 6.51. The van der Waals surface area contributed by atoms with Crippen molar-refractivity contribution in [3.63, 3.8) is 0 Å². The smallest absolute Gasteiger partial charge is 1.00 e. The molecule has 0 aromatic rings.